The second kappa shape index (κ2) is 7.56. The Hall–Kier alpha value is -2.99. The fourth-order valence-corrected chi connectivity index (χ4v) is 3.03. The van der Waals surface area contributed by atoms with Crippen LogP contribution in [-0.2, 0) is 11.3 Å². The number of rotatable bonds is 5. The summed E-state index contributed by atoms with van der Waals surface area (Å²) in [6.45, 7) is -0.0757. The van der Waals surface area contributed by atoms with Gasteiger partial charge in [-0.25, -0.2) is 4.98 Å². The van der Waals surface area contributed by atoms with Crippen molar-refractivity contribution in [2.45, 2.75) is 31.1 Å². The molecule has 3 heterocycles. The Morgan fingerprint density at radius 3 is 2.64 bits per heavy atom. The number of hydrogen-bond acceptors (Lipinski definition) is 10. The third kappa shape index (κ3) is 3.31. The Labute approximate surface area is 159 Å². The van der Waals surface area contributed by atoms with Gasteiger partial charge in [-0.3, -0.25) is 4.57 Å². The van der Waals surface area contributed by atoms with E-state index in [9.17, 15) is 15.3 Å². The molecule has 1 aromatic carbocycles. The summed E-state index contributed by atoms with van der Waals surface area (Å²) in [5, 5.41) is 37.6. The highest BCUT2D eigenvalue weighted by Crippen LogP contribution is 2.32. The van der Waals surface area contributed by atoms with Gasteiger partial charge < -0.3 is 25.8 Å². The van der Waals surface area contributed by atoms with E-state index in [-0.39, 0.29) is 17.4 Å². The van der Waals surface area contributed by atoms with E-state index in [1.807, 2.05) is 30.3 Å². The number of anilines is 1. The molecule has 0 spiro atoms. The molecule has 0 amide bonds. The zero-order valence-electron chi connectivity index (χ0n) is 14.7. The van der Waals surface area contributed by atoms with E-state index in [1.54, 1.807) is 0 Å². The molecule has 2 aromatic heterocycles. The molecule has 0 saturated carbocycles. The zero-order valence-corrected chi connectivity index (χ0v) is 14.7. The number of hydrogen-bond donors (Lipinski definition) is 4. The van der Waals surface area contributed by atoms with E-state index in [0.717, 1.165) is 5.56 Å². The molecule has 146 valence electrons. The van der Waals surface area contributed by atoms with Crippen LogP contribution in [0.3, 0.4) is 0 Å². The molecule has 5 N–H and O–H groups in total. The summed E-state index contributed by atoms with van der Waals surface area (Å²) in [5.41, 5.74) is 7.51. The molecule has 28 heavy (non-hydrogen) atoms. The van der Waals surface area contributed by atoms with Crippen molar-refractivity contribution in [1.82, 2.24) is 19.5 Å². The first-order chi connectivity index (χ1) is 13.6. The van der Waals surface area contributed by atoms with Gasteiger partial charge in [0.15, 0.2) is 17.7 Å². The second-order valence-electron chi connectivity index (χ2n) is 6.35. The topological polar surface area (TPSA) is 164 Å². The molecule has 3 aromatic rings. The van der Waals surface area contributed by atoms with E-state index in [1.165, 1.54) is 10.9 Å². The van der Waals surface area contributed by atoms with Crippen molar-refractivity contribution < 1.29 is 20.1 Å². The Bertz CT molecular complexity index is 994. The van der Waals surface area contributed by atoms with E-state index in [2.05, 4.69) is 25.2 Å². The van der Waals surface area contributed by atoms with Crippen LogP contribution in [0.2, 0.25) is 0 Å². The summed E-state index contributed by atoms with van der Waals surface area (Å²) in [5.74, 6) is 0.138. The van der Waals surface area contributed by atoms with Crippen LogP contribution in [-0.4, -0.2) is 59.8 Å². The van der Waals surface area contributed by atoms with Gasteiger partial charge in [0, 0.05) is 0 Å². The van der Waals surface area contributed by atoms with Crippen LogP contribution in [0.25, 0.3) is 11.2 Å². The van der Waals surface area contributed by atoms with Gasteiger partial charge in [0.25, 0.3) is 5.95 Å². The molecular weight excluding hydrogens is 366 g/mol. The zero-order chi connectivity index (χ0) is 19.7. The van der Waals surface area contributed by atoms with Gasteiger partial charge in [0.05, 0.1) is 19.5 Å². The Balaban J connectivity index is 1.63. The number of benzene rings is 1. The molecule has 1 aliphatic rings. The molecule has 4 atom stereocenters. The lowest BCUT2D eigenvalue weighted by Gasteiger charge is -2.16. The Kier molecular flexibility index (Phi) is 4.96. The SMILES string of the molecule is Nc1nc(N=NCc2ccccc2)nc2c1ncn2[C@@H]1O[C@H](CO)C(O)C1O. The first kappa shape index (κ1) is 18.4. The lowest BCUT2D eigenvalue weighted by molar-refractivity contribution is -0.0511. The number of azo groups is 1. The quantitative estimate of drug-likeness (QED) is 0.455. The maximum atomic E-state index is 10.2. The summed E-state index contributed by atoms with van der Waals surface area (Å²) in [6.07, 6.45) is -3.03. The summed E-state index contributed by atoms with van der Waals surface area (Å²) >= 11 is 0. The van der Waals surface area contributed by atoms with Crippen LogP contribution in [0.15, 0.2) is 46.9 Å². The number of nitrogen functional groups attached to an aromatic ring is 1. The van der Waals surface area contributed by atoms with Crippen molar-refractivity contribution >= 4 is 22.9 Å². The molecule has 0 aliphatic carbocycles. The minimum atomic E-state index is -1.27. The lowest BCUT2D eigenvalue weighted by atomic mass is 10.1. The van der Waals surface area contributed by atoms with E-state index in [0.29, 0.717) is 12.1 Å². The van der Waals surface area contributed by atoms with Gasteiger partial charge in [-0.15, -0.1) is 5.11 Å². The van der Waals surface area contributed by atoms with Crippen LogP contribution in [0, 0.1) is 0 Å². The fraction of sp³-hybridized carbons (Fsp3) is 0.353. The maximum absolute atomic E-state index is 10.2. The number of nitrogens with two attached hydrogens (primary N) is 1. The smallest absolute Gasteiger partial charge is 0.272 e. The van der Waals surface area contributed by atoms with Crippen molar-refractivity contribution in [2.75, 3.05) is 12.3 Å². The van der Waals surface area contributed by atoms with Crippen molar-refractivity contribution in [3.8, 4) is 0 Å². The van der Waals surface area contributed by atoms with Crippen LogP contribution in [0.1, 0.15) is 11.8 Å². The Morgan fingerprint density at radius 2 is 1.93 bits per heavy atom. The highest BCUT2D eigenvalue weighted by Gasteiger charge is 2.44. The number of nitrogens with zero attached hydrogens (tertiary/aromatic N) is 6. The minimum Gasteiger partial charge on any atom is -0.394 e. The van der Waals surface area contributed by atoms with Crippen LogP contribution in [0.5, 0.6) is 0 Å². The van der Waals surface area contributed by atoms with E-state index >= 15 is 0 Å². The average Bonchev–Trinajstić information content (AvgIpc) is 3.24. The van der Waals surface area contributed by atoms with Gasteiger partial charge >= 0.3 is 0 Å². The van der Waals surface area contributed by atoms with Gasteiger partial charge in [-0.05, 0) is 5.56 Å². The number of aromatic nitrogens is 4. The van der Waals surface area contributed by atoms with Gasteiger partial charge in [-0.1, -0.05) is 30.3 Å². The van der Waals surface area contributed by atoms with Crippen molar-refractivity contribution in [3.05, 3.63) is 42.2 Å². The first-order valence-corrected chi connectivity index (χ1v) is 8.62. The van der Waals surface area contributed by atoms with Gasteiger partial charge in [0.1, 0.15) is 23.8 Å². The fourth-order valence-electron chi connectivity index (χ4n) is 3.03. The molecular formula is C17H19N7O4. The van der Waals surface area contributed by atoms with Gasteiger partial charge in [-0.2, -0.15) is 15.1 Å². The van der Waals surface area contributed by atoms with E-state index in [4.69, 9.17) is 10.5 Å². The molecule has 1 aliphatic heterocycles. The molecule has 1 fully saturated rings. The summed E-state index contributed by atoms with van der Waals surface area (Å²) in [4.78, 5) is 12.5. The maximum Gasteiger partial charge on any atom is 0.272 e. The first-order valence-electron chi connectivity index (χ1n) is 8.62. The molecule has 4 rings (SSSR count). The van der Waals surface area contributed by atoms with Crippen molar-refractivity contribution in [2.24, 2.45) is 10.2 Å². The molecule has 1 saturated heterocycles. The summed E-state index contributed by atoms with van der Waals surface area (Å²) < 4.78 is 6.95. The predicted molar refractivity (Wildman–Crippen MR) is 97.4 cm³/mol. The van der Waals surface area contributed by atoms with Crippen LogP contribution in [0.4, 0.5) is 11.8 Å². The molecule has 0 bridgehead atoms. The number of aliphatic hydroxyl groups is 3. The molecule has 11 nitrogen and oxygen atoms in total. The highest BCUT2D eigenvalue weighted by molar-refractivity contribution is 5.82. The van der Waals surface area contributed by atoms with Crippen molar-refractivity contribution in [3.63, 3.8) is 0 Å². The lowest BCUT2D eigenvalue weighted by Crippen LogP contribution is -2.33. The highest BCUT2D eigenvalue weighted by atomic mass is 16.6. The Morgan fingerprint density at radius 1 is 1.14 bits per heavy atom. The summed E-state index contributed by atoms with van der Waals surface area (Å²) in [7, 11) is 0. The number of aliphatic hydroxyl groups excluding tert-OH is 3. The normalized spacial score (nSPS) is 25.1. The third-order valence-electron chi connectivity index (χ3n) is 4.48. The summed E-state index contributed by atoms with van der Waals surface area (Å²) in [6, 6.07) is 9.58. The largest absolute Gasteiger partial charge is 0.394 e. The van der Waals surface area contributed by atoms with Crippen LogP contribution >= 0.6 is 0 Å². The van der Waals surface area contributed by atoms with E-state index < -0.39 is 31.1 Å². The standard InChI is InChI=1S/C17H19N7O4/c18-14-11-15(22-17(21-14)23-20-6-9-4-2-1-3-5-9)24(8-19-11)16-13(27)12(26)10(7-25)28-16/h1-5,8,10,12-13,16,25-27H,6-7H2,(H2,18,21,22)/t10-,12?,13?,16-/m1/s1. The predicted octanol–water partition coefficient (Wildman–Crippen LogP) is 0.304. The average molecular weight is 385 g/mol. The molecule has 11 heteroatoms. The number of ether oxygens (including phenoxy) is 1. The number of imidazole rings is 1. The van der Waals surface area contributed by atoms with Crippen LogP contribution < -0.4 is 5.73 Å². The monoisotopic (exact) mass is 385 g/mol. The van der Waals surface area contributed by atoms with Gasteiger partial charge in [0.2, 0.25) is 0 Å². The second-order valence-corrected chi connectivity index (χ2v) is 6.35. The van der Waals surface area contributed by atoms with Crippen molar-refractivity contribution in [1.29, 1.82) is 0 Å². The minimum absolute atomic E-state index is 0.0365. The molecule has 2 unspecified atom stereocenters. The third-order valence-corrected chi connectivity index (χ3v) is 4.48. The number of fused-ring (bicyclic) bond motifs is 1. The molecule has 0 radical (unpaired) electrons.